The van der Waals surface area contributed by atoms with Crippen LogP contribution < -0.4 is 4.74 Å². The van der Waals surface area contributed by atoms with Crippen molar-refractivity contribution >= 4 is 22.8 Å². The van der Waals surface area contributed by atoms with E-state index in [9.17, 15) is 9.59 Å². The van der Waals surface area contributed by atoms with Gasteiger partial charge in [0.1, 0.15) is 5.75 Å². The van der Waals surface area contributed by atoms with Gasteiger partial charge in [-0.2, -0.15) is 0 Å². The fraction of sp³-hybridized carbons (Fsp3) is 0.500. The van der Waals surface area contributed by atoms with E-state index in [-0.39, 0.29) is 12.8 Å². The van der Waals surface area contributed by atoms with Crippen LogP contribution in [0.5, 0.6) is 5.75 Å². The molecule has 0 radical (unpaired) electrons. The molecule has 0 fully saturated rings. The summed E-state index contributed by atoms with van der Waals surface area (Å²) in [5.41, 5.74) is 2.03. The zero-order valence-corrected chi connectivity index (χ0v) is 15.6. The minimum atomic E-state index is -1.01. The maximum Gasteiger partial charge on any atom is 0.311 e. The van der Waals surface area contributed by atoms with Gasteiger partial charge >= 0.3 is 11.9 Å². The summed E-state index contributed by atoms with van der Waals surface area (Å²) < 4.78 is 5.44. The first-order chi connectivity index (χ1) is 12.5. The Morgan fingerprint density at radius 2 is 1.85 bits per heavy atom. The second kappa shape index (κ2) is 9.97. The molecule has 1 aromatic heterocycles. The standard InChI is InChI=1S/C20H28N2O4/c1-3-11-22(12-4-2)13-10-15-14-21-16-6-5-7-17(20(15)16)26-19(25)9-8-18(23)24/h5-7,14,21H,3-4,8-13H2,1-2H3,(H,23,24). The lowest BCUT2D eigenvalue weighted by molar-refractivity contribution is -0.142. The molecule has 0 aliphatic heterocycles. The number of benzene rings is 1. The van der Waals surface area contributed by atoms with E-state index in [0.29, 0.717) is 5.75 Å². The lowest BCUT2D eigenvalue weighted by Crippen LogP contribution is -2.27. The van der Waals surface area contributed by atoms with Gasteiger partial charge < -0.3 is 19.7 Å². The number of carbonyl (C=O) groups excluding carboxylic acids is 1. The number of H-pyrrole nitrogens is 1. The molecule has 0 aliphatic rings. The molecule has 0 aliphatic carbocycles. The molecule has 2 N–H and O–H groups in total. The molecule has 0 bridgehead atoms. The number of aromatic amines is 1. The summed E-state index contributed by atoms with van der Waals surface area (Å²) in [4.78, 5) is 28.2. The third-order valence-corrected chi connectivity index (χ3v) is 4.29. The monoisotopic (exact) mass is 360 g/mol. The van der Waals surface area contributed by atoms with Gasteiger partial charge in [0, 0.05) is 23.6 Å². The first-order valence-corrected chi connectivity index (χ1v) is 9.29. The molecule has 0 amide bonds. The first-order valence-electron chi connectivity index (χ1n) is 9.29. The molecule has 0 saturated heterocycles. The number of rotatable bonds is 11. The molecule has 1 heterocycles. The number of fused-ring (bicyclic) bond motifs is 1. The number of aliphatic carboxylic acids is 1. The van der Waals surface area contributed by atoms with Crippen LogP contribution in [-0.4, -0.2) is 46.6 Å². The number of carbonyl (C=O) groups is 2. The van der Waals surface area contributed by atoms with E-state index < -0.39 is 11.9 Å². The predicted octanol–water partition coefficient (Wildman–Crippen LogP) is 3.60. The van der Waals surface area contributed by atoms with Gasteiger partial charge in [-0.15, -0.1) is 0 Å². The Hall–Kier alpha value is -2.34. The Bertz CT molecular complexity index is 732. The number of aromatic nitrogens is 1. The minimum absolute atomic E-state index is 0.133. The highest BCUT2D eigenvalue weighted by atomic mass is 16.5. The van der Waals surface area contributed by atoms with Crippen molar-refractivity contribution in [1.82, 2.24) is 9.88 Å². The maximum atomic E-state index is 11.9. The molecule has 0 atom stereocenters. The summed E-state index contributed by atoms with van der Waals surface area (Å²) >= 11 is 0. The number of carboxylic acid groups (broad SMARTS) is 1. The predicted molar refractivity (Wildman–Crippen MR) is 102 cm³/mol. The summed E-state index contributed by atoms with van der Waals surface area (Å²) in [6, 6.07) is 5.53. The molecule has 6 nitrogen and oxygen atoms in total. The number of hydrogen-bond acceptors (Lipinski definition) is 4. The third kappa shape index (κ3) is 5.59. The molecule has 2 rings (SSSR count). The molecular formula is C20H28N2O4. The SMILES string of the molecule is CCCN(CCC)CCc1c[nH]c2cccc(OC(=O)CCC(=O)O)c12. The van der Waals surface area contributed by atoms with Crippen LogP contribution in [0.3, 0.4) is 0 Å². The van der Waals surface area contributed by atoms with Gasteiger partial charge in [-0.25, -0.2) is 0 Å². The van der Waals surface area contributed by atoms with Crippen molar-refractivity contribution < 1.29 is 19.4 Å². The Morgan fingerprint density at radius 3 is 2.50 bits per heavy atom. The van der Waals surface area contributed by atoms with Gasteiger partial charge in [0.15, 0.2) is 0 Å². The van der Waals surface area contributed by atoms with E-state index in [1.54, 1.807) is 6.07 Å². The molecular weight excluding hydrogens is 332 g/mol. The normalized spacial score (nSPS) is 11.2. The van der Waals surface area contributed by atoms with Crippen molar-refractivity contribution in [2.75, 3.05) is 19.6 Å². The quantitative estimate of drug-likeness (QED) is 0.472. The van der Waals surface area contributed by atoms with Gasteiger partial charge in [0.2, 0.25) is 0 Å². The van der Waals surface area contributed by atoms with E-state index in [1.807, 2.05) is 18.3 Å². The highest BCUT2D eigenvalue weighted by Crippen LogP contribution is 2.29. The van der Waals surface area contributed by atoms with Crippen LogP contribution in [-0.2, 0) is 16.0 Å². The zero-order valence-electron chi connectivity index (χ0n) is 15.6. The number of carboxylic acids is 1. The van der Waals surface area contributed by atoms with E-state index in [1.165, 1.54) is 0 Å². The third-order valence-electron chi connectivity index (χ3n) is 4.29. The molecule has 26 heavy (non-hydrogen) atoms. The van der Waals surface area contributed by atoms with E-state index in [0.717, 1.165) is 55.4 Å². The molecule has 0 spiro atoms. The highest BCUT2D eigenvalue weighted by Gasteiger charge is 2.14. The molecule has 0 unspecified atom stereocenters. The number of nitrogens with zero attached hydrogens (tertiary/aromatic N) is 1. The lowest BCUT2D eigenvalue weighted by Gasteiger charge is -2.20. The maximum absolute atomic E-state index is 11.9. The minimum Gasteiger partial charge on any atom is -0.481 e. The summed E-state index contributed by atoms with van der Waals surface area (Å²) in [5.74, 6) is -1.04. The average molecular weight is 360 g/mol. The van der Waals surface area contributed by atoms with Crippen molar-refractivity contribution in [2.45, 2.75) is 46.0 Å². The van der Waals surface area contributed by atoms with Crippen LogP contribution in [0.4, 0.5) is 0 Å². The number of esters is 1. The second-order valence-electron chi connectivity index (χ2n) is 6.45. The van der Waals surface area contributed by atoms with Crippen LogP contribution in [0.15, 0.2) is 24.4 Å². The molecule has 6 heteroatoms. The molecule has 0 saturated carbocycles. The van der Waals surface area contributed by atoms with Gasteiger partial charge in [-0.05, 0) is 50.0 Å². The van der Waals surface area contributed by atoms with Crippen LogP contribution in [0.1, 0.15) is 45.1 Å². The van der Waals surface area contributed by atoms with Crippen molar-refractivity contribution in [3.8, 4) is 5.75 Å². The Balaban J connectivity index is 2.13. The Labute approximate surface area is 154 Å². The van der Waals surface area contributed by atoms with Crippen molar-refractivity contribution in [2.24, 2.45) is 0 Å². The largest absolute Gasteiger partial charge is 0.481 e. The fourth-order valence-electron chi connectivity index (χ4n) is 3.13. The van der Waals surface area contributed by atoms with Crippen molar-refractivity contribution in [3.63, 3.8) is 0 Å². The second-order valence-corrected chi connectivity index (χ2v) is 6.45. The van der Waals surface area contributed by atoms with E-state index >= 15 is 0 Å². The number of ether oxygens (including phenoxy) is 1. The van der Waals surface area contributed by atoms with Crippen LogP contribution >= 0.6 is 0 Å². The molecule has 2 aromatic rings. The smallest absolute Gasteiger partial charge is 0.311 e. The average Bonchev–Trinajstić information content (AvgIpc) is 3.02. The van der Waals surface area contributed by atoms with Gasteiger partial charge in [0.05, 0.1) is 12.8 Å². The van der Waals surface area contributed by atoms with E-state index in [2.05, 4.69) is 23.7 Å². The summed E-state index contributed by atoms with van der Waals surface area (Å²) in [6.07, 6.45) is 4.73. The van der Waals surface area contributed by atoms with Crippen molar-refractivity contribution in [1.29, 1.82) is 0 Å². The van der Waals surface area contributed by atoms with Crippen LogP contribution in [0.2, 0.25) is 0 Å². The van der Waals surface area contributed by atoms with Gasteiger partial charge in [-0.1, -0.05) is 19.9 Å². The highest BCUT2D eigenvalue weighted by molar-refractivity contribution is 5.91. The van der Waals surface area contributed by atoms with Crippen molar-refractivity contribution in [3.05, 3.63) is 30.0 Å². The van der Waals surface area contributed by atoms with Crippen LogP contribution in [0, 0.1) is 0 Å². The molecule has 1 aromatic carbocycles. The fourth-order valence-corrected chi connectivity index (χ4v) is 3.13. The topological polar surface area (TPSA) is 82.6 Å². The molecule has 142 valence electrons. The van der Waals surface area contributed by atoms with Gasteiger partial charge in [-0.3, -0.25) is 9.59 Å². The van der Waals surface area contributed by atoms with Gasteiger partial charge in [0.25, 0.3) is 0 Å². The zero-order chi connectivity index (χ0) is 18.9. The summed E-state index contributed by atoms with van der Waals surface area (Å²) in [7, 11) is 0. The first kappa shape index (κ1) is 20.0. The number of nitrogens with one attached hydrogen (secondary N) is 1. The lowest BCUT2D eigenvalue weighted by atomic mass is 10.1. The summed E-state index contributed by atoms with van der Waals surface area (Å²) in [6.45, 7) is 7.47. The Morgan fingerprint density at radius 1 is 1.12 bits per heavy atom. The summed E-state index contributed by atoms with van der Waals surface area (Å²) in [5, 5.41) is 9.61. The van der Waals surface area contributed by atoms with Crippen LogP contribution in [0.25, 0.3) is 10.9 Å². The number of hydrogen-bond donors (Lipinski definition) is 2. The Kier molecular flexibility index (Phi) is 7.66. The van der Waals surface area contributed by atoms with E-state index in [4.69, 9.17) is 9.84 Å².